The van der Waals surface area contributed by atoms with Gasteiger partial charge in [-0.15, -0.1) is 0 Å². The third-order valence-corrected chi connectivity index (χ3v) is 3.49. The number of alkyl halides is 15. The van der Waals surface area contributed by atoms with Crippen LogP contribution in [0.5, 0.6) is 0 Å². The molecule has 0 aliphatic carbocycles. The maximum Gasteiger partial charge on any atom is 0.460 e. The zero-order valence-corrected chi connectivity index (χ0v) is 13.0. The highest BCUT2D eigenvalue weighted by Gasteiger charge is 2.93. The van der Waals surface area contributed by atoms with Crippen molar-refractivity contribution in [3.8, 4) is 0 Å². The van der Waals surface area contributed by atoms with Gasteiger partial charge in [0.15, 0.2) is 0 Å². The van der Waals surface area contributed by atoms with Crippen molar-refractivity contribution in [2.75, 3.05) is 0 Å². The Labute approximate surface area is 141 Å². The Morgan fingerprint density at radius 3 is 1.11 bits per heavy atom. The molecular weight excluding hydrogens is 429 g/mol. The minimum atomic E-state index is -8.20. The van der Waals surface area contributed by atoms with Crippen molar-refractivity contribution in [1.82, 2.24) is 0 Å². The third-order valence-electron chi connectivity index (χ3n) is 3.49. The van der Waals surface area contributed by atoms with Crippen LogP contribution in [0, 0.1) is 0 Å². The van der Waals surface area contributed by atoms with Crippen LogP contribution in [0.3, 0.4) is 0 Å². The Kier molecular flexibility index (Phi) is 6.81. The molecule has 0 N–H and O–H groups in total. The average Bonchev–Trinajstić information content (AvgIpc) is 2.45. The van der Waals surface area contributed by atoms with Gasteiger partial charge in [0.2, 0.25) is 0 Å². The molecule has 0 aromatic carbocycles. The molecule has 0 aromatic heterocycles. The van der Waals surface area contributed by atoms with Crippen LogP contribution in [0.15, 0.2) is 0 Å². The molecule has 0 amide bonds. The maximum atomic E-state index is 13.3. The molecule has 0 saturated heterocycles. The average molecular weight is 440 g/mol. The molecule has 0 saturated carbocycles. The summed E-state index contributed by atoms with van der Waals surface area (Å²) < 4.78 is 192. The van der Waals surface area contributed by atoms with Crippen LogP contribution in [-0.2, 0) is 0 Å². The zero-order chi connectivity index (χ0) is 22.3. The second kappa shape index (κ2) is 7.08. The van der Waals surface area contributed by atoms with Crippen LogP contribution in [0.1, 0.15) is 32.6 Å². The molecular formula is C12H11F15. The lowest BCUT2D eigenvalue weighted by Gasteiger charge is -2.41. The number of halogens is 15. The molecule has 0 aliphatic rings. The Hall–Kier alpha value is -1.05. The molecule has 0 heterocycles. The van der Waals surface area contributed by atoms with Crippen molar-refractivity contribution in [2.24, 2.45) is 0 Å². The van der Waals surface area contributed by atoms with Crippen LogP contribution in [0.4, 0.5) is 65.9 Å². The molecule has 0 spiro atoms. The van der Waals surface area contributed by atoms with Gasteiger partial charge in [-0.25, -0.2) is 0 Å². The minimum Gasteiger partial charge on any atom is -0.200 e. The van der Waals surface area contributed by atoms with Gasteiger partial charge in [-0.1, -0.05) is 19.8 Å². The number of hydrogen-bond acceptors (Lipinski definition) is 0. The Morgan fingerprint density at radius 1 is 0.444 bits per heavy atom. The van der Waals surface area contributed by atoms with E-state index in [0.29, 0.717) is 0 Å². The highest BCUT2D eigenvalue weighted by atomic mass is 19.4. The van der Waals surface area contributed by atoms with Gasteiger partial charge in [0.25, 0.3) is 0 Å². The van der Waals surface area contributed by atoms with Crippen LogP contribution in [0.2, 0.25) is 0 Å². The van der Waals surface area contributed by atoms with E-state index in [-0.39, 0.29) is 12.8 Å². The van der Waals surface area contributed by atoms with E-state index in [9.17, 15) is 65.9 Å². The number of rotatable bonds is 9. The minimum absolute atomic E-state index is 0.0457. The van der Waals surface area contributed by atoms with Gasteiger partial charge < -0.3 is 0 Å². The van der Waals surface area contributed by atoms with Gasteiger partial charge in [-0.3, -0.25) is 0 Å². The normalized spacial score (nSPS) is 16.0. The van der Waals surface area contributed by atoms with Crippen molar-refractivity contribution in [3.05, 3.63) is 0 Å². The molecule has 0 bridgehead atoms. The summed E-state index contributed by atoms with van der Waals surface area (Å²) in [7, 11) is 0. The largest absolute Gasteiger partial charge is 0.460 e. The van der Waals surface area contributed by atoms with E-state index in [0.717, 1.165) is 0 Å². The monoisotopic (exact) mass is 440 g/mol. The van der Waals surface area contributed by atoms with Gasteiger partial charge in [0.05, 0.1) is 0 Å². The number of unbranched alkanes of at least 4 members (excludes halogenated alkanes) is 2. The van der Waals surface area contributed by atoms with Crippen LogP contribution < -0.4 is 0 Å². The van der Waals surface area contributed by atoms with E-state index in [4.69, 9.17) is 0 Å². The van der Waals surface area contributed by atoms with Gasteiger partial charge in [0, 0.05) is 6.42 Å². The van der Waals surface area contributed by atoms with E-state index in [1.165, 1.54) is 6.92 Å². The van der Waals surface area contributed by atoms with Crippen molar-refractivity contribution in [1.29, 1.82) is 0 Å². The first-order valence-corrected chi connectivity index (χ1v) is 6.90. The second-order valence-corrected chi connectivity index (χ2v) is 5.53. The summed E-state index contributed by atoms with van der Waals surface area (Å²) in [5.74, 6) is -45.8. The van der Waals surface area contributed by atoms with E-state index in [1.54, 1.807) is 0 Å². The summed E-state index contributed by atoms with van der Waals surface area (Å²) >= 11 is 0. The quantitative estimate of drug-likeness (QED) is 0.269. The van der Waals surface area contributed by atoms with Crippen molar-refractivity contribution in [3.63, 3.8) is 0 Å². The van der Waals surface area contributed by atoms with E-state index in [1.807, 2.05) is 0 Å². The van der Waals surface area contributed by atoms with Crippen LogP contribution in [0.25, 0.3) is 0 Å². The summed E-state index contributed by atoms with van der Waals surface area (Å²) in [6.45, 7) is 1.32. The molecule has 15 heteroatoms. The molecule has 0 fully saturated rings. The fraction of sp³-hybridized carbons (Fsp3) is 1.00. The maximum absolute atomic E-state index is 13.3. The molecule has 0 aliphatic heterocycles. The highest BCUT2D eigenvalue weighted by Crippen LogP contribution is 2.62. The van der Waals surface area contributed by atoms with Crippen molar-refractivity contribution < 1.29 is 65.9 Å². The topological polar surface area (TPSA) is 0 Å². The Bertz CT molecular complexity index is 501. The summed E-state index contributed by atoms with van der Waals surface area (Å²) in [5.41, 5.74) is 0. The van der Waals surface area contributed by atoms with Crippen molar-refractivity contribution in [2.45, 2.75) is 74.3 Å². The van der Waals surface area contributed by atoms with Gasteiger partial charge in [-0.05, 0) is 6.42 Å². The highest BCUT2D eigenvalue weighted by molar-refractivity contribution is 5.12. The van der Waals surface area contributed by atoms with E-state index >= 15 is 0 Å². The first-order chi connectivity index (χ1) is 11.6. The zero-order valence-electron chi connectivity index (χ0n) is 13.0. The summed E-state index contributed by atoms with van der Waals surface area (Å²) in [5, 5.41) is 0. The Balaban J connectivity index is 6.23. The summed E-state index contributed by atoms with van der Waals surface area (Å²) in [6, 6.07) is 0. The first kappa shape index (κ1) is 26.0. The predicted molar refractivity (Wildman–Crippen MR) is 59.9 cm³/mol. The molecule has 0 rings (SSSR count). The fourth-order valence-corrected chi connectivity index (χ4v) is 1.75. The SMILES string of the molecule is CCCCCC(F)(F)C(F)(F)C(F)(F)C(F)(F)C(F)(F)C(F)(F)C(F)(F)F. The van der Waals surface area contributed by atoms with Gasteiger partial charge >= 0.3 is 41.7 Å². The first-order valence-electron chi connectivity index (χ1n) is 6.90. The summed E-state index contributed by atoms with van der Waals surface area (Å²) in [4.78, 5) is 0. The molecule has 164 valence electrons. The summed E-state index contributed by atoms with van der Waals surface area (Å²) in [6.07, 6.45) is -11.1. The molecule has 0 unspecified atom stereocenters. The van der Waals surface area contributed by atoms with Gasteiger partial charge in [0.1, 0.15) is 0 Å². The standard InChI is InChI=1S/C12H11F15/c1-2-3-4-5-6(13,14)7(15,16)8(17,18)9(19,20)10(21,22)11(23,24)12(25,26)27/h2-5H2,1H3. The second-order valence-electron chi connectivity index (χ2n) is 5.53. The molecule has 0 radical (unpaired) electrons. The smallest absolute Gasteiger partial charge is 0.200 e. The third kappa shape index (κ3) is 3.78. The lowest BCUT2D eigenvalue weighted by Crippen LogP contribution is -2.72. The molecule has 0 nitrogen and oxygen atoms in total. The van der Waals surface area contributed by atoms with E-state index in [2.05, 4.69) is 0 Å². The van der Waals surface area contributed by atoms with Crippen molar-refractivity contribution >= 4 is 0 Å². The molecule has 27 heavy (non-hydrogen) atoms. The van der Waals surface area contributed by atoms with Gasteiger partial charge in [-0.2, -0.15) is 65.9 Å². The van der Waals surface area contributed by atoms with E-state index < -0.39 is 54.6 Å². The number of hydrogen-bond donors (Lipinski definition) is 0. The predicted octanol–water partition coefficient (Wildman–Crippen LogP) is 6.94. The fourth-order valence-electron chi connectivity index (χ4n) is 1.75. The molecule has 0 aromatic rings. The lowest BCUT2D eigenvalue weighted by molar-refractivity contribution is -0.452. The Morgan fingerprint density at radius 2 is 0.778 bits per heavy atom. The lowest BCUT2D eigenvalue weighted by atomic mass is 9.89. The van der Waals surface area contributed by atoms with Crippen LogP contribution >= 0.6 is 0 Å². The molecule has 0 atom stereocenters. The van der Waals surface area contributed by atoms with Crippen LogP contribution in [-0.4, -0.2) is 41.7 Å².